The quantitative estimate of drug-likeness (QED) is 0.282. The third-order valence-electron chi connectivity index (χ3n) is 6.59. The number of anilines is 1. The maximum absolute atomic E-state index is 13.4. The first-order chi connectivity index (χ1) is 17.0. The summed E-state index contributed by atoms with van der Waals surface area (Å²) in [5.74, 6) is -0.412. The van der Waals surface area contributed by atoms with Crippen LogP contribution < -0.4 is 5.32 Å². The lowest BCUT2D eigenvalue weighted by Gasteiger charge is -2.14. The van der Waals surface area contributed by atoms with Crippen LogP contribution in [0.4, 0.5) is 5.69 Å². The van der Waals surface area contributed by atoms with Crippen LogP contribution in [0.3, 0.4) is 0 Å². The smallest absolute Gasteiger partial charge is 0.239 e. The highest BCUT2D eigenvalue weighted by molar-refractivity contribution is 5.98. The van der Waals surface area contributed by atoms with E-state index >= 15 is 0 Å². The third-order valence-corrected chi connectivity index (χ3v) is 6.59. The number of carbonyl (C=O) groups is 1. The van der Waals surface area contributed by atoms with Crippen molar-refractivity contribution in [3.63, 3.8) is 0 Å². The van der Waals surface area contributed by atoms with Gasteiger partial charge in [0.25, 0.3) is 0 Å². The fourth-order valence-corrected chi connectivity index (χ4v) is 4.42. The SMILES string of the molecule is CCCCCCCCCCCCn1nnc([C@@H](C(=O)Nc2c(C)nn(C)c2C)c2ccccc2)n1. The van der Waals surface area contributed by atoms with Gasteiger partial charge in [-0.2, -0.15) is 9.90 Å². The van der Waals surface area contributed by atoms with E-state index in [2.05, 4.69) is 32.7 Å². The number of hydrogen-bond acceptors (Lipinski definition) is 5. The molecule has 1 amide bonds. The highest BCUT2D eigenvalue weighted by Gasteiger charge is 2.29. The minimum Gasteiger partial charge on any atom is -0.322 e. The Balaban J connectivity index is 1.56. The van der Waals surface area contributed by atoms with Crippen molar-refractivity contribution in [1.82, 2.24) is 30.0 Å². The van der Waals surface area contributed by atoms with Gasteiger partial charge in [-0.05, 0) is 31.0 Å². The fourth-order valence-electron chi connectivity index (χ4n) is 4.42. The van der Waals surface area contributed by atoms with Crippen molar-refractivity contribution < 1.29 is 4.79 Å². The van der Waals surface area contributed by atoms with Crippen LogP contribution in [0, 0.1) is 13.8 Å². The second-order valence-corrected chi connectivity index (χ2v) is 9.43. The minimum absolute atomic E-state index is 0.186. The van der Waals surface area contributed by atoms with E-state index in [9.17, 15) is 4.79 Å². The van der Waals surface area contributed by atoms with Gasteiger partial charge in [0.05, 0.1) is 23.6 Å². The topological polar surface area (TPSA) is 90.5 Å². The molecule has 1 aromatic carbocycles. The van der Waals surface area contributed by atoms with Crippen LogP contribution in [0.15, 0.2) is 30.3 Å². The predicted octanol–water partition coefficient (Wildman–Crippen LogP) is 5.71. The molecule has 1 atom stereocenters. The summed E-state index contributed by atoms with van der Waals surface area (Å²) in [4.78, 5) is 15.0. The standard InChI is InChI=1S/C27H41N7O/c1-5-6-7-8-9-10-11-12-13-17-20-34-31-26(29-32-34)24(23-18-15-14-16-19-23)27(35)28-25-21(2)30-33(4)22(25)3/h14-16,18-19,24H,5-13,17,20H2,1-4H3,(H,28,35)/t24-/m0/s1. The van der Waals surface area contributed by atoms with Crippen LogP contribution in [0.1, 0.15) is 99.8 Å². The summed E-state index contributed by atoms with van der Waals surface area (Å²) >= 11 is 0. The third kappa shape index (κ3) is 7.73. The maximum Gasteiger partial charge on any atom is 0.239 e. The Hall–Kier alpha value is -3.03. The average molecular weight is 480 g/mol. The minimum atomic E-state index is -0.642. The van der Waals surface area contributed by atoms with Crippen molar-refractivity contribution in [3.05, 3.63) is 53.1 Å². The van der Waals surface area contributed by atoms with Gasteiger partial charge in [0.2, 0.25) is 5.91 Å². The van der Waals surface area contributed by atoms with Crippen molar-refractivity contribution >= 4 is 11.6 Å². The number of nitrogens with one attached hydrogen (secondary N) is 1. The first-order valence-electron chi connectivity index (χ1n) is 13.1. The molecule has 2 aromatic heterocycles. The van der Waals surface area contributed by atoms with Gasteiger partial charge in [0, 0.05) is 7.05 Å². The molecule has 0 fully saturated rings. The Bertz CT molecular complexity index is 1040. The molecule has 0 saturated heterocycles. The van der Waals surface area contributed by atoms with Crippen LogP contribution >= 0.6 is 0 Å². The molecule has 8 heteroatoms. The summed E-state index contributed by atoms with van der Waals surface area (Å²) in [6.45, 7) is 6.80. The molecule has 0 aliphatic heterocycles. The number of aromatic nitrogens is 6. The largest absolute Gasteiger partial charge is 0.322 e. The van der Waals surface area contributed by atoms with E-state index in [4.69, 9.17) is 0 Å². The van der Waals surface area contributed by atoms with Crippen molar-refractivity contribution in [2.45, 2.75) is 97.4 Å². The number of hydrogen-bond donors (Lipinski definition) is 1. The Labute approximate surface area is 209 Å². The molecular weight excluding hydrogens is 438 g/mol. The van der Waals surface area contributed by atoms with Crippen molar-refractivity contribution in [1.29, 1.82) is 0 Å². The molecule has 3 rings (SSSR count). The number of aryl methyl sites for hydroxylation is 3. The Morgan fingerprint density at radius 1 is 0.914 bits per heavy atom. The normalized spacial score (nSPS) is 12.1. The van der Waals surface area contributed by atoms with Gasteiger partial charge < -0.3 is 5.32 Å². The molecule has 0 radical (unpaired) electrons. The van der Waals surface area contributed by atoms with Crippen LogP contribution in [-0.2, 0) is 18.4 Å². The van der Waals surface area contributed by atoms with E-state index in [1.807, 2.05) is 51.2 Å². The van der Waals surface area contributed by atoms with Crippen molar-refractivity contribution in [2.75, 3.05) is 5.32 Å². The first kappa shape index (κ1) is 26.6. The molecule has 3 aromatic rings. The van der Waals surface area contributed by atoms with E-state index in [1.54, 1.807) is 9.48 Å². The number of tetrazole rings is 1. The van der Waals surface area contributed by atoms with E-state index < -0.39 is 5.92 Å². The summed E-state index contributed by atoms with van der Waals surface area (Å²) in [6.07, 6.45) is 12.8. The number of carbonyl (C=O) groups excluding carboxylic acids is 1. The molecule has 0 bridgehead atoms. The second-order valence-electron chi connectivity index (χ2n) is 9.43. The van der Waals surface area contributed by atoms with Gasteiger partial charge in [-0.15, -0.1) is 10.2 Å². The Kier molecular flexibility index (Phi) is 10.4. The van der Waals surface area contributed by atoms with Crippen molar-refractivity contribution in [3.8, 4) is 0 Å². The van der Waals surface area contributed by atoms with Gasteiger partial charge in [0.15, 0.2) is 5.82 Å². The van der Waals surface area contributed by atoms with Crippen LogP contribution in [0.2, 0.25) is 0 Å². The zero-order valence-electron chi connectivity index (χ0n) is 21.8. The molecule has 0 unspecified atom stereocenters. The van der Waals surface area contributed by atoms with Gasteiger partial charge >= 0.3 is 0 Å². The highest BCUT2D eigenvalue weighted by atomic mass is 16.2. The van der Waals surface area contributed by atoms with Gasteiger partial charge in [-0.1, -0.05) is 95.0 Å². The van der Waals surface area contributed by atoms with Crippen LogP contribution in [-0.4, -0.2) is 35.9 Å². The average Bonchev–Trinajstić information content (AvgIpc) is 3.40. The zero-order valence-corrected chi connectivity index (χ0v) is 21.8. The van der Waals surface area contributed by atoms with Gasteiger partial charge in [-0.3, -0.25) is 9.48 Å². The van der Waals surface area contributed by atoms with Gasteiger partial charge in [-0.25, -0.2) is 0 Å². The summed E-state index contributed by atoms with van der Waals surface area (Å²) in [7, 11) is 1.87. The van der Waals surface area contributed by atoms with E-state index in [-0.39, 0.29) is 5.91 Å². The maximum atomic E-state index is 13.4. The van der Waals surface area contributed by atoms with E-state index in [0.717, 1.165) is 35.5 Å². The molecular formula is C27H41N7O. The predicted molar refractivity (Wildman–Crippen MR) is 139 cm³/mol. The first-order valence-corrected chi connectivity index (χ1v) is 13.1. The molecule has 2 heterocycles. The van der Waals surface area contributed by atoms with E-state index in [1.165, 1.54) is 51.4 Å². The number of rotatable bonds is 15. The lowest BCUT2D eigenvalue weighted by molar-refractivity contribution is -0.116. The summed E-state index contributed by atoms with van der Waals surface area (Å²) in [5.41, 5.74) is 3.25. The summed E-state index contributed by atoms with van der Waals surface area (Å²) in [6, 6.07) is 9.63. The zero-order chi connectivity index (χ0) is 25.0. The number of amides is 1. The summed E-state index contributed by atoms with van der Waals surface area (Å²) < 4.78 is 1.77. The fraction of sp³-hybridized carbons (Fsp3) is 0.593. The van der Waals surface area contributed by atoms with Crippen LogP contribution in [0.5, 0.6) is 0 Å². The lowest BCUT2D eigenvalue weighted by Crippen LogP contribution is -2.24. The second kappa shape index (κ2) is 13.8. The monoisotopic (exact) mass is 479 g/mol. The molecule has 35 heavy (non-hydrogen) atoms. The molecule has 0 spiro atoms. The van der Waals surface area contributed by atoms with Crippen LogP contribution in [0.25, 0.3) is 0 Å². The summed E-state index contributed by atoms with van der Waals surface area (Å²) in [5, 5.41) is 20.6. The Morgan fingerprint density at radius 3 is 2.14 bits per heavy atom. The molecule has 0 aliphatic carbocycles. The molecule has 0 saturated carbocycles. The molecule has 1 N–H and O–H groups in total. The highest BCUT2D eigenvalue weighted by Crippen LogP contribution is 2.26. The Morgan fingerprint density at radius 2 is 1.54 bits per heavy atom. The molecule has 190 valence electrons. The van der Waals surface area contributed by atoms with Gasteiger partial charge in [0.1, 0.15) is 5.92 Å². The molecule has 8 nitrogen and oxygen atoms in total. The van der Waals surface area contributed by atoms with Crippen molar-refractivity contribution in [2.24, 2.45) is 7.05 Å². The lowest BCUT2D eigenvalue weighted by atomic mass is 9.97. The number of benzene rings is 1. The number of nitrogens with zero attached hydrogens (tertiary/aromatic N) is 6. The molecule has 0 aliphatic rings. The number of unbranched alkanes of at least 4 members (excludes halogenated alkanes) is 9. The van der Waals surface area contributed by atoms with E-state index in [0.29, 0.717) is 12.4 Å².